The van der Waals surface area contributed by atoms with E-state index in [4.69, 9.17) is 0 Å². The quantitative estimate of drug-likeness (QED) is 0.880. The van der Waals surface area contributed by atoms with Crippen molar-refractivity contribution in [1.82, 2.24) is 0 Å². The van der Waals surface area contributed by atoms with Crippen molar-refractivity contribution in [3.63, 3.8) is 0 Å². The monoisotopic (exact) mass is 260 g/mol. The standard InChI is InChI=1S/C16H24N2O/c1-16(2,3)15(19)17-13-8-7-9-14(12-13)18-10-5-4-6-11-18/h7-9,12H,4-6,10-11H2,1-3H3,(H,17,19). The number of hydrogen-bond donors (Lipinski definition) is 1. The van der Waals surface area contributed by atoms with Gasteiger partial charge in [-0.25, -0.2) is 0 Å². The molecular formula is C16H24N2O. The van der Waals surface area contributed by atoms with Crippen LogP contribution in [0.25, 0.3) is 0 Å². The Morgan fingerprint density at radius 3 is 2.47 bits per heavy atom. The van der Waals surface area contributed by atoms with Gasteiger partial charge in [-0.15, -0.1) is 0 Å². The smallest absolute Gasteiger partial charge is 0.229 e. The average molecular weight is 260 g/mol. The summed E-state index contributed by atoms with van der Waals surface area (Å²) in [6.45, 7) is 8.03. The molecule has 0 atom stereocenters. The Kier molecular flexibility index (Phi) is 4.13. The second-order valence-electron chi connectivity index (χ2n) is 6.30. The minimum absolute atomic E-state index is 0.0586. The minimum Gasteiger partial charge on any atom is -0.371 e. The van der Waals surface area contributed by atoms with Crippen molar-refractivity contribution >= 4 is 17.3 Å². The van der Waals surface area contributed by atoms with E-state index in [-0.39, 0.29) is 11.3 Å². The second kappa shape index (κ2) is 5.64. The molecule has 1 N–H and O–H groups in total. The van der Waals surface area contributed by atoms with Crippen molar-refractivity contribution in [3.8, 4) is 0 Å². The summed E-state index contributed by atoms with van der Waals surface area (Å²) in [7, 11) is 0. The van der Waals surface area contributed by atoms with Gasteiger partial charge >= 0.3 is 0 Å². The Hall–Kier alpha value is -1.51. The first kappa shape index (κ1) is 13.9. The van der Waals surface area contributed by atoms with Gasteiger partial charge in [-0.2, -0.15) is 0 Å². The first-order valence-corrected chi connectivity index (χ1v) is 7.13. The maximum Gasteiger partial charge on any atom is 0.229 e. The van der Waals surface area contributed by atoms with Crippen molar-refractivity contribution in [2.75, 3.05) is 23.3 Å². The summed E-state index contributed by atoms with van der Waals surface area (Å²) in [5.41, 5.74) is 1.75. The van der Waals surface area contributed by atoms with Crippen LogP contribution < -0.4 is 10.2 Å². The van der Waals surface area contributed by atoms with Gasteiger partial charge in [-0.3, -0.25) is 4.79 Å². The topological polar surface area (TPSA) is 32.3 Å². The van der Waals surface area contributed by atoms with E-state index < -0.39 is 0 Å². The largest absolute Gasteiger partial charge is 0.371 e. The summed E-state index contributed by atoms with van der Waals surface area (Å²) in [6.07, 6.45) is 3.86. The van der Waals surface area contributed by atoms with E-state index in [1.807, 2.05) is 32.9 Å². The SMILES string of the molecule is CC(C)(C)C(=O)Nc1cccc(N2CCCCC2)c1. The molecule has 0 radical (unpaired) electrons. The fraction of sp³-hybridized carbons (Fsp3) is 0.562. The van der Waals surface area contributed by atoms with Crippen molar-refractivity contribution in [2.45, 2.75) is 40.0 Å². The lowest BCUT2D eigenvalue weighted by atomic mass is 9.95. The normalized spacial score (nSPS) is 16.3. The lowest BCUT2D eigenvalue weighted by molar-refractivity contribution is -0.123. The van der Waals surface area contributed by atoms with Gasteiger partial charge in [0.2, 0.25) is 5.91 Å². The molecule has 104 valence electrons. The molecule has 1 fully saturated rings. The second-order valence-corrected chi connectivity index (χ2v) is 6.30. The van der Waals surface area contributed by atoms with Crippen molar-refractivity contribution in [3.05, 3.63) is 24.3 Å². The first-order chi connectivity index (χ1) is 8.97. The number of hydrogen-bond acceptors (Lipinski definition) is 2. The number of amides is 1. The third-order valence-electron chi connectivity index (χ3n) is 3.51. The molecule has 1 aromatic carbocycles. The fourth-order valence-corrected chi connectivity index (χ4v) is 2.25. The van der Waals surface area contributed by atoms with E-state index in [2.05, 4.69) is 22.3 Å². The lowest BCUT2D eigenvalue weighted by Gasteiger charge is -2.29. The molecule has 0 aliphatic carbocycles. The average Bonchev–Trinajstić information content (AvgIpc) is 2.39. The Morgan fingerprint density at radius 1 is 1.16 bits per heavy atom. The van der Waals surface area contributed by atoms with E-state index >= 15 is 0 Å². The van der Waals surface area contributed by atoms with Crippen molar-refractivity contribution < 1.29 is 4.79 Å². The molecule has 0 saturated carbocycles. The van der Waals surface area contributed by atoms with E-state index in [0.29, 0.717) is 0 Å². The van der Waals surface area contributed by atoms with Crippen LogP contribution >= 0.6 is 0 Å². The van der Waals surface area contributed by atoms with Crippen LogP contribution in [0.2, 0.25) is 0 Å². The highest BCUT2D eigenvalue weighted by molar-refractivity contribution is 5.94. The van der Waals surface area contributed by atoms with Gasteiger partial charge in [0.1, 0.15) is 0 Å². The van der Waals surface area contributed by atoms with E-state index in [1.54, 1.807) is 0 Å². The number of carbonyl (C=O) groups excluding carboxylic acids is 1. The molecule has 1 saturated heterocycles. The Labute approximate surface area is 116 Å². The summed E-state index contributed by atoms with van der Waals surface area (Å²) in [6, 6.07) is 8.17. The number of nitrogens with one attached hydrogen (secondary N) is 1. The van der Waals surface area contributed by atoms with Crippen molar-refractivity contribution in [1.29, 1.82) is 0 Å². The summed E-state index contributed by atoms with van der Waals surface area (Å²) in [4.78, 5) is 14.4. The summed E-state index contributed by atoms with van der Waals surface area (Å²) >= 11 is 0. The summed E-state index contributed by atoms with van der Waals surface area (Å²) in [5.74, 6) is 0.0586. The van der Waals surface area contributed by atoms with Crippen LogP contribution in [0, 0.1) is 5.41 Å². The molecule has 2 rings (SSSR count). The van der Waals surface area contributed by atoms with Gasteiger partial charge in [0.15, 0.2) is 0 Å². The minimum atomic E-state index is -0.360. The van der Waals surface area contributed by atoms with Gasteiger partial charge < -0.3 is 10.2 Å². The lowest BCUT2D eigenvalue weighted by Crippen LogP contribution is -2.30. The van der Waals surface area contributed by atoms with Crippen LogP contribution in [0.5, 0.6) is 0 Å². The predicted octanol–water partition coefficient (Wildman–Crippen LogP) is 3.66. The third kappa shape index (κ3) is 3.72. The molecule has 0 aromatic heterocycles. The Morgan fingerprint density at radius 2 is 1.84 bits per heavy atom. The van der Waals surface area contributed by atoms with Gasteiger partial charge in [0.05, 0.1) is 0 Å². The van der Waals surface area contributed by atoms with E-state index in [9.17, 15) is 4.79 Å². The van der Waals surface area contributed by atoms with Gasteiger partial charge in [-0.1, -0.05) is 26.8 Å². The molecule has 1 aliphatic heterocycles. The Bertz CT molecular complexity index is 442. The predicted molar refractivity (Wildman–Crippen MR) is 80.6 cm³/mol. The molecule has 1 amide bonds. The number of rotatable bonds is 2. The van der Waals surface area contributed by atoms with Crippen LogP contribution in [0.1, 0.15) is 40.0 Å². The molecule has 3 nitrogen and oxygen atoms in total. The van der Waals surface area contributed by atoms with Crippen LogP contribution in [0.3, 0.4) is 0 Å². The number of nitrogens with zero attached hydrogens (tertiary/aromatic N) is 1. The van der Waals surface area contributed by atoms with Crippen LogP contribution in [-0.2, 0) is 4.79 Å². The highest BCUT2D eigenvalue weighted by Crippen LogP contribution is 2.24. The number of carbonyl (C=O) groups is 1. The number of anilines is 2. The molecule has 0 bridgehead atoms. The van der Waals surface area contributed by atoms with Gasteiger partial charge in [0, 0.05) is 29.9 Å². The zero-order valence-corrected chi connectivity index (χ0v) is 12.2. The zero-order chi connectivity index (χ0) is 13.9. The maximum absolute atomic E-state index is 12.0. The fourth-order valence-electron chi connectivity index (χ4n) is 2.25. The first-order valence-electron chi connectivity index (χ1n) is 7.13. The van der Waals surface area contributed by atoms with Gasteiger partial charge in [0.25, 0.3) is 0 Å². The third-order valence-corrected chi connectivity index (χ3v) is 3.51. The highest BCUT2D eigenvalue weighted by atomic mass is 16.2. The molecule has 1 heterocycles. The zero-order valence-electron chi connectivity index (χ0n) is 12.2. The van der Waals surface area contributed by atoms with Crippen LogP contribution in [0.15, 0.2) is 24.3 Å². The van der Waals surface area contributed by atoms with Crippen molar-refractivity contribution in [2.24, 2.45) is 5.41 Å². The summed E-state index contributed by atoms with van der Waals surface area (Å²) < 4.78 is 0. The number of benzene rings is 1. The van der Waals surface area contributed by atoms with Crippen LogP contribution in [0.4, 0.5) is 11.4 Å². The highest BCUT2D eigenvalue weighted by Gasteiger charge is 2.21. The number of piperidine rings is 1. The van der Waals surface area contributed by atoms with Gasteiger partial charge in [-0.05, 0) is 37.5 Å². The molecular weight excluding hydrogens is 236 g/mol. The molecule has 1 aliphatic rings. The molecule has 0 spiro atoms. The molecule has 0 unspecified atom stereocenters. The van der Waals surface area contributed by atoms with E-state index in [0.717, 1.165) is 18.8 Å². The van der Waals surface area contributed by atoms with E-state index in [1.165, 1.54) is 24.9 Å². The Balaban J connectivity index is 2.08. The molecule has 1 aromatic rings. The molecule has 19 heavy (non-hydrogen) atoms. The van der Waals surface area contributed by atoms with Crippen LogP contribution in [-0.4, -0.2) is 19.0 Å². The maximum atomic E-state index is 12.0. The molecule has 3 heteroatoms. The summed E-state index contributed by atoms with van der Waals surface area (Å²) in [5, 5.41) is 3.00.